The molecule has 5 heteroatoms. The predicted molar refractivity (Wildman–Crippen MR) is 90.3 cm³/mol. The number of amides is 1. The summed E-state index contributed by atoms with van der Waals surface area (Å²) >= 11 is 0. The number of ether oxygens (including phenoxy) is 2. The summed E-state index contributed by atoms with van der Waals surface area (Å²) in [5, 5.41) is 3.09. The molecule has 24 heavy (non-hydrogen) atoms. The Hall–Kier alpha value is -2.24. The van der Waals surface area contributed by atoms with E-state index in [-0.39, 0.29) is 18.1 Å². The van der Waals surface area contributed by atoms with Crippen LogP contribution in [0.15, 0.2) is 54.9 Å². The Bertz CT molecular complexity index is 634. The summed E-state index contributed by atoms with van der Waals surface area (Å²) in [5.74, 6) is 0.00131. The van der Waals surface area contributed by atoms with Crippen LogP contribution in [-0.4, -0.2) is 36.3 Å². The van der Waals surface area contributed by atoms with E-state index in [1.165, 1.54) is 0 Å². The summed E-state index contributed by atoms with van der Waals surface area (Å²) in [6, 6.07) is 13.7. The second-order valence-corrected chi connectivity index (χ2v) is 5.90. The number of hydrogen-bond acceptors (Lipinski definition) is 4. The van der Waals surface area contributed by atoms with Gasteiger partial charge in [-0.2, -0.15) is 0 Å². The van der Waals surface area contributed by atoms with E-state index in [4.69, 9.17) is 9.47 Å². The van der Waals surface area contributed by atoms with Crippen LogP contribution in [0.4, 0.5) is 0 Å². The van der Waals surface area contributed by atoms with Crippen molar-refractivity contribution in [1.82, 2.24) is 10.3 Å². The zero-order valence-corrected chi connectivity index (χ0v) is 13.6. The maximum absolute atomic E-state index is 12.3. The molecule has 0 radical (unpaired) electrons. The van der Waals surface area contributed by atoms with E-state index in [1.54, 1.807) is 12.4 Å². The molecule has 3 rings (SSSR count). The fourth-order valence-electron chi connectivity index (χ4n) is 2.76. The second-order valence-electron chi connectivity index (χ2n) is 5.90. The molecule has 0 unspecified atom stereocenters. The predicted octanol–water partition coefficient (Wildman–Crippen LogP) is 2.11. The average molecular weight is 326 g/mol. The van der Waals surface area contributed by atoms with Crippen molar-refractivity contribution in [1.29, 1.82) is 0 Å². The Labute approximate surface area is 142 Å². The van der Waals surface area contributed by atoms with Gasteiger partial charge in [-0.3, -0.25) is 9.78 Å². The first-order valence-corrected chi connectivity index (χ1v) is 8.23. The Balaban J connectivity index is 1.53. The monoisotopic (exact) mass is 326 g/mol. The number of benzene rings is 1. The van der Waals surface area contributed by atoms with E-state index in [9.17, 15) is 4.79 Å². The zero-order valence-electron chi connectivity index (χ0n) is 13.6. The third kappa shape index (κ3) is 4.88. The Morgan fingerprint density at radius 3 is 2.75 bits per heavy atom. The third-order valence-electron chi connectivity index (χ3n) is 4.07. The summed E-state index contributed by atoms with van der Waals surface area (Å²) in [5.41, 5.74) is 2.07. The molecule has 2 atom stereocenters. The molecule has 1 aromatic heterocycles. The number of aromatic nitrogens is 1. The van der Waals surface area contributed by atoms with Crippen molar-refractivity contribution in [3.63, 3.8) is 0 Å². The minimum atomic E-state index is -0.125. The lowest BCUT2D eigenvalue weighted by Crippen LogP contribution is -2.50. The molecule has 0 spiro atoms. The van der Waals surface area contributed by atoms with Crippen molar-refractivity contribution in [2.45, 2.75) is 31.6 Å². The molecule has 1 amide bonds. The van der Waals surface area contributed by atoms with Crippen molar-refractivity contribution in [3.05, 3.63) is 66.0 Å². The van der Waals surface area contributed by atoms with Crippen LogP contribution in [-0.2, 0) is 27.3 Å². The second kappa shape index (κ2) is 8.57. The summed E-state index contributed by atoms with van der Waals surface area (Å²) in [6.45, 7) is 1.67. The lowest BCUT2D eigenvalue weighted by atomic mass is 10.1. The van der Waals surface area contributed by atoms with Crippen LogP contribution in [0.5, 0.6) is 0 Å². The number of nitrogens with zero attached hydrogens (tertiary/aromatic N) is 1. The van der Waals surface area contributed by atoms with E-state index in [0.29, 0.717) is 26.2 Å². The smallest absolute Gasteiger partial charge is 0.224 e. The van der Waals surface area contributed by atoms with Gasteiger partial charge in [-0.1, -0.05) is 30.3 Å². The van der Waals surface area contributed by atoms with Crippen LogP contribution >= 0.6 is 0 Å². The van der Waals surface area contributed by atoms with Gasteiger partial charge >= 0.3 is 0 Å². The summed E-state index contributed by atoms with van der Waals surface area (Å²) < 4.78 is 11.5. The molecule has 1 N–H and O–H groups in total. The average Bonchev–Trinajstić information content (AvgIpc) is 2.63. The molecule has 0 bridgehead atoms. The van der Waals surface area contributed by atoms with Crippen LogP contribution in [0.1, 0.15) is 17.5 Å². The molecule has 1 aliphatic heterocycles. The van der Waals surface area contributed by atoms with E-state index in [0.717, 1.165) is 17.5 Å². The molecule has 5 nitrogen and oxygen atoms in total. The van der Waals surface area contributed by atoms with Gasteiger partial charge in [-0.15, -0.1) is 0 Å². The summed E-state index contributed by atoms with van der Waals surface area (Å²) in [7, 11) is 0. The molecule has 1 aromatic carbocycles. The highest BCUT2D eigenvalue weighted by Gasteiger charge is 2.27. The molecule has 2 aromatic rings. The Morgan fingerprint density at radius 1 is 1.17 bits per heavy atom. The van der Waals surface area contributed by atoms with E-state index >= 15 is 0 Å². The molecule has 126 valence electrons. The van der Waals surface area contributed by atoms with Gasteiger partial charge in [-0.25, -0.2) is 0 Å². The Morgan fingerprint density at radius 2 is 1.96 bits per heavy atom. The standard InChI is InChI=1S/C19H22N2O3/c22-19(12-15-6-9-20-10-7-15)21-17-8-11-23-14-18(17)24-13-16-4-2-1-3-5-16/h1-7,9-10,17-18H,8,11-14H2,(H,21,22)/t17-,18-/m1/s1. The van der Waals surface area contributed by atoms with Crippen LogP contribution < -0.4 is 5.32 Å². The van der Waals surface area contributed by atoms with Crippen molar-refractivity contribution in [3.8, 4) is 0 Å². The molecule has 1 aliphatic rings. The third-order valence-corrected chi connectivity index (χ3v) is 4.07. The van der Waals surface area contributed by atoms with Crippen molar-refractivity contribution in [2.24, 2.45) is 0 Å². The maximum atomic E-state index is 12.3. The summed E-state index contributed by atoms with van der Waals surface area (Å²) in [6.07, 6.45) is 4.39. The first kappa shape index (κ1) is 16.6. The SMILES string of the molecule is O=C(Cc1ccncc1)N[C@@H]1CCOC[C@H]1OCc1ccccc1. The molecule has 0 aliphatic carbocycles. The van der Waals surface area contributed by atoms with Crippen LogP contribution in [0.3, 0.4) is 0 Å². The number of rotatable bonds is 6. The highest BCUT2D eigenvalue weighted by molar-refractivity contribution is 5.78. The van der Waals surface area contributed by atoms with Gasteiger partial charge in [0.1, 0.15) is 6.10 Å². The molecular weight excluding hydrogens is 304 g/mol. The number of hydrogen-bond donors (Lipinski definition) is 1. The molecule has 1 fully saturated rings. The summed E-state index contributed by atoms with van der Waals surface area (Å²) in [4.78, 5) is 16.2. The van der Waals surface area contributed by atoms with Crippen molar-refractivity contribution in [2.75, 3.05) is 13.2 Å². The molecular formula is C19H22N2O3. The minimum Gasteiger partial charge on any atom is -0.379 e. The van der Waals surface area contributed by atoms with Gasteiger partial charge < -0.3 is 14.8 Å². The highest BCUT2D eigenvalue weighted by Crippen LogP contribution is 2.14. The van der Waals surface area contributed by atoms with E-state index in [1.807, 2.05) is 42.5 Å². The minimum absolute atomic E-state index is 0.00131. The van der Waals surface area contributed by atoms with E-state index < -0.39 is 0 Å². The zero-order chi connectivity index (χ0) is 16.6. The first-order chi connectivity index (χ1) is 11.8. The van der Waals surface area contributed by atoms with Crippen molar-refractivity contribution < 1.29 is 14.3 Å². The van der Waals surface area contributed by atoms with Crippen LogP contribution in [0.2, 0.25) is 0 Å². The molecule has 2 heterocycles. The fourth-order valence-corrected chi connectivity index (χ4v) is 2.76. The fraction of sp³-hybridized carbons (Fsp3) is 0.368. The van der Waals surface area contributed by atoms with Gasteiger partial charge in [-0.05, 0) is 29.7 Å². The number of carbonyl (C=O) groups is 1. The lowest BCUT2D eigenvalue weighted by Gasteiger charge is -2.32. The normalized spacial score (nSPS) is 20.5. The van der Waals surface area contributed by atoms with Crippen LogP contribution in [0, 0.1) is 0 Å². The van der Waals surface area contributed by atoms with Gasteiger partial charge in [0, 0.05) is 19.0 Å². The van der Waals surface area contributed by atoms with Gasteiger partial charge in [0.25, 0.3) is 0 Å². The quantitative estimate of drug-likeness (QED) is 0.883. The lowest BCUT2D eigenvalue weighted by molar-refractivity contribution is -0.126. The van der Waals surface area contributed by atoms with Crippen LogP contribution in [0.25, 0.3) is 0 Å². The van der Waals surface area contributed by atoms with Gasteiger partial charge in [0.05, 0.1) is 25.7 Å². The number of pyridine rings is 1. The number of nitrogens with one attached hydrogen (secondary N) is 1. The van der Waals surface area contributed by atoms with Gasteiger partial charge in [0.15, 0.2) is 0 Å². The highest BCUT2D eigenvalue weighted by atomic mass is 16.5. The van der Waals surface area contributed by atoms with Crippen molar-refractivity contribution >= 4 is 5.91 Å². The van der Waals surface area contributed by atoms with Gasteiger partial charge in [0.2, 0.25) is 5.91 Å². The molecule has 0 saturated carbocycles. The number of carbonyl (C=O) groups excluding carboxylic acids is 1. The largest absolute Gasteiger partial charge is 0.379 e. The van der Waals surface area contributed by atoms with E-state index in [2.05, 4.69) is 10.3 Å². The first-order valence-electron chi connectivity index (χ1n) is 8.23. The topological polar surface area (TPSA) is 60.5 Å². The Kier molecular flexibility index (Phi) is 5.93. The molecule has 1 saturated heterocycles. The maximum Gasteiger partial charge on any atom is 0.224 e.